The second kappa shape index (κ2) is 15.7. The van der Waals surface area contributed by atoms with Gasteiger partial charge in [0.25, 0.3) is 0 Å². The zero-order valence-corrected chi connectivity index (χ0v) is 20.0. The van der Waals surface area contributed by atoms with E-state index < -0.39 is 72.8 Å². The van der Waals surface area contributed by atoms with Crippen LogP contribution in [0.4, 0.5) is 0 Å². The minimum Gasteiger partial charge on any atom is -0.480 e. The monoisotopic (exact) mass is 487 g/mol. The molecule has 13 heteroatoms. The summed E-state index contributed by atoms with van der Waals surface area (Å²) < 4.78 is 5.23. The first-order chi connectivity index (χ1) is 15.8. The van der Waals surface area contributed by atoms with Gasteiger partial charge in [-0.1, -0.05) is 33.8 Å². The molecule has 4 amide bonds. The highest BCUT2D eigenvalue weighted by Gasteiger charge is 2.33. The Balaban J connectivity index is 5.47. The summed E-state index contributed by atoms with van der Waals surface area (Å²) in [6.45, 7) is 8.76. The fourth-order valence-electron chi connectivity index (χ4n) is 2.66. The van der Waals surface area contributed by atoms with E-state index in [2.05, 4.69) is 27.8 Å². The quantitative estimate of drug-likeness (QED) is 0.0903. The van der Waals surface area contributed by atoms with Crippen molar-refractivity contribution in [2.24, 2.45) is 17.6 Å². The standard InChI is InChI=1S/C21H37N5O8/c1-6-7-34-10-14(19(31)23-8-15(28)29)24-20(32)16(11(2)3)26-21(33)17(12(4)5)25-18(30)13(22)9-27/h6,11-14,16-17,27H,1,7-10,22H2,2-5H3,(H,23,31)(H,24,32)(H,25,30)(H,26,33)(H,28,29)/t13-,14-,16-,17-/m0/s1. The number of aliphatic hydroxyl groups excluding tert-OH is 1. The maximum atomic E-state index is 12.9. The number of nitrogens with two attached hydrogens (primary N) is 1. The molecule has 0 fully saturated rings. The topological polar surface area (TPSA) is 209 Å². The molecule has 0 aliphatic heterocycles. The molecule has 0 bridgehead atoms. The number of carboxylic acids is 1. The average Bonchev–Trinajstić information content (AvgIpc) is 2.77. The van der Waals surface area contributed by atoms with Gasteiger partial charge in [0, 0.05) is 0 Å². The second-order valence-corrected chi connectivity index (χ2v) is 8.25. The molecule has 0 aliphatic rings. The summed E-state index contributed by atoms with van der Waals surface area (Å²) in [5.74, 6) is -4.91. The van der Waals surface area contributed by atoms with Crippen molar-refractivity contribution in [1.82, 2.24) is 21.3 Å². The smallest absolute Gasteiger partial charge is 0.322 e. The van der Waals surface area contributed by atoms with Gasteiger partial charge in [-0.25, -0.2) is 0 Å². The van der Waals surface area contributed by atoms with E-state index in [0.29, 0.717) is 0 Å². The third-order valence-corrected chi connectivity index (χ3v) is 4.59. The highest BCUT2D eigenvalue weighted by atomic mass is 16.5. The molecule has 0 aromatic heterocycles. The van der Waals surface area contributed by atoms with Gasteiger partial charge in [-0.05, 0) is 11.8 Å². The van der Waals surface area contributed by atoms with Gasteiger partial charge >= 0.3 is 5.97 Å². The minimum atomic E-state index is -1.26. The number of hydrogen-bond donors (Lipinski definition) is 7. The number of aliphatic carboxylic acids is 1. The molecule has 0 aromatic carbocycles. The third kappa shape index (κ3) is 11.2. The zero-order chi connectivity index (χ0) is 26.4. The number of nitrogens with one attached hydrogen (secondary N) is 4. The molecule has 0 saturated carbocycles. The Hall–Kier alpha value is -3.03. The Bertz CT molecular complexity index is 728. The largest absolute Gasteiger partial charge is 0.480 e. The molecule has 13 nitrogen and oxygen atoms in total. The molecule has 0 spiro atoms. The Morgan fingerprint density at radius 2 is 1.41 bits per heavy atom. The number of ether oxygens (including phenoxy) is 1. The highest BCUT2D eigenvalue weighted by Crippen LogP contribution is 2.07. The van der Waals surface area contributed by atoms with E-state index >= 15 is 0 Å². The number of carbonyl (C=O) groups is 5. The van der Waals surface area contributed by atoms with Crippen molar-refractivity contribution >= 4 is 29.6 Å². The summed E-state index contributed by atoms with van der Waals surface area (Å²) in [5, 5.41) is 27.5. The lowest BCUT2D eigenvalue weighted by molar-refractivity contribution is -0.139. The van der Waals surface area contributed by atoms with Crippen LogP contribution in [0.2, 0.25) is 0 Å². The first-order valence-electron chi connectivity index (χ1n) is 10.8. The highest BCUT2D eigenvalue weighted by molar-refractivity contribution is 5.95. The van der Waals surface area contributed by atoms with Crippen LogP contribution in [-0.2, 0) is 28.7 Å². The molecule has 0 aromatic rings. The van der Waals surface area contributed by atoms with Crippen LogP contribution in [-0.4, -0.2) is 90.3 Å². The number of aliphatic hydroxyl groups is 1. The van der Waals surface area contributed by atoms with Crippen LogP contribution in [0.1, 0.15) is 27.7 Å². The second-order valence-electron chi connectivity index (χ2n) is 8.25. The molecule has 194 valence electrons. The van der Waals surface area contributed by atoms with Gasteiger partial charge < -0.3 is 42.0 Å². The molecule has 8 N–H and O–H groups in total. The first kappa shape index (κ1) is 31.0. The van der Waals surface area contributed by atoms with Crippen molar-refractivity contribution in [2.45, 2.75) is 51.9 Å². The number of amides is 4. The maximum absolute atomic E-state index is 12.9. The predicted molar refractivity (Wildman–Crippen MR) is 122 cm³/mol. The molecule has 4 atom stereocenters. The Morgan fingerprint density at radius 1 is 0.912 bits per heavy atom. The van der Waals surface area contributed by atoms with Gasteiger partial charge in [0.1, 0.15) is 30.7 Å². The lowest BCUT2D eigenvalue weighted by Crippen LogP contribution is -2.60. The van der Waals surface area contributed by atoms with E-state index in [9.17, 15) is 24.0 Å². The van der Waals surface area contributed by atoms with Crippen LogP contribution in [0.25, 0.3) is 0 Å². The van der Waals surface area contributed by atoms with E-state index in [-0.39, 0.29) is 19.1 Å². The van der Waals surface area contributed by atoms with Crippen LogP contribution >= 0.6 is 0 Å². The van der Waals surface area contributed by atoms with E-state index in [1.165, 1.54) is 6.08 Å². The van der Waals surface area contributed by atoms with E-state index in [0.717, 1.165) is 0 Å². The van der Waals surface area contributed by atoms with Crippen LogP contribution in [0.15, 0.2) is 12.7 Å². The summed E-state index contributed by atoms with van der Waals surface area (Å²) in [5.41, 5.74) is 5.49. The number of rotatable bonds is 16. The van der Waals surface area contributed by atoms with Gasteiger partial charge in [0.2, 0.25) is 23.6 Å². The van der Waals surface area contributed by atoms with Crippen molar-refractivity contribution in [1.29, 1.82) is 0 Å². The van der Waals surface area contributed by atoms with Crippen molar-refractivity contribution in [3.8, 4) is 0 Å². The van der Waals surface area contributed by atoms with Crippen LogP contribution in [0.3, 0.4) is 0 Å². The summed E-state index contributed by atoms with van der Waals surface area (Å²) in [6.07, 6.45) is 1.44. The molecule has 0 radical (unpaired) electrons. The number of hydrogen-bond acceptors (Lipinski definition) is 8. The number of carbonyl (C=O) groups excluding carboxylic acids is 4. The van der Waals surface area contributed by atoms with E-state index in [1.54, 1.807) is 27.7 Å². The van der Waals surface area contributed by atoms with Crippen LogP contribution < -0.4 is 27.0 Å². The molecular weight excluding hydrogens is 450 g/mol. The fourth-order valence-corrected chi connectivity index (χ4v) is 2.66. The third-order valence-electron chi connectivity index (χ3n) is 4.59. The van der Waals surface area contributed by atoms with E-state index in [1.807, 2.05) is 0 Å². The fraction of sp³-hybridized carbons (Fsp3) is 0.667. The van der Waals surface area contributed by atoms with Gasteiger partial charge in [-0.15, -0.1) is 6.58 Å². The summed E-state index contributed by atoms with van der Waals surface area (Å²) >= 11 is 0. The van der Waals surface area contributed by atoms with Crippen LogP contribution in [0.5, 0.6) is 0 Å². The van der Waals surface area contributed by atoms with Gasteiger partial charge in [-0.2, -0.15) is 0 Å². The summed E-state index contributed by atoms with van der Waals surface area (Å²) in [6, 6.07) is -4.57. The Labute approximate surface area is 198 Å². The predicted octanol–water partition coefficient (Wildman–Crippen LogP) is -2.52. The summed E-state index contributed by atoms with van der Waals surface area (Å²) in [4.78, 5) is 60.9. The van der Waals surface area contributed by atoms with Crippen molar-refractivity contribution < 1.29 is 38.9 Å². The molecule has 0 rings (SSSR count). The van der Waals surface area contributed by atoms with Crippen molar-refractivity contribution in [3.63, 3.8) is 0 Å². The molecule has 0 unspecified atom stereocenters. The van der Waals surface area contributed by atoms with E-state index in [4.69, 9.17) is 20.7 Å². The summed E-state index contributed by atoms with van der Waals surface area (Å²) in [7, 11) is 0. The minimum absolute atomic E-state index is 0.0919. The number of carboxylic acid groups (broad SMARTS) is 1. The maximum Gasteiger partial charge on any atom is 0.322 e. The van der Waals surface area contributed by atoms with Gasteiger partial charge in [0.05, 0.1) is 19.8 Å². The average molecular weight is 488 g/mol. The molecule has 0 saturated heterocycles. The van der Waals surface area contributed by atoms with Crippen molar-refractivity contribution in [2.75, 3.05) is 26.4 Å². The lowest BCUT2D eigenvalue weighted by atomic mass is 9.99. The lowest BCUT2D eigenvalue weighted by Gasteiger charge is -2.28. The molecule has 0 aliphatic carbocycles. The first-order valence-corrected chi connectivity index (χ1v) is 10.8. The SMILES string of the molecule is C=CCOC[C@H](NC(=O)[C@@H](NC(=O)[C@@H](NC(=O)[C@@H](N)CO)C(C)C)C(C)C)C(=O)NCC(=O)O. The molecular formula is C21H37N5O8. The Morgan fingerprint density at radius 3 is 1.85 bits per heavy atom. The van der Waals surface area contributed by atoms with Gasteiger partial charge in [0.15, 0.2) is 0 Å². The Kier molecular flexibility index (Phi) is 14.3. The van der Waals surface area contributed by atoms with Gasteiger partial charge in [-0.3, -0.25) is 24.0 Å². The molecule has 0 heterocycles. The van der Waals surface area contributed by atoms with Crippen LogP contribution in [0, 0.1) is 11.8 Å². The normalized spacial score (nSPS) is 14.5. The molecule has 34 heavy (non-hydrogen) atoms. The van der Waals surface area contributed by atoms with Crippen molar-refractivity contribution in [3.05, 3.63) is 12.7 Å². The zero-order valence-electron chi connectivity index (χ0n) is 20.0.